The van der Waals surface area contributed by atoms with Crippen LogP contribution in [-0.4, -0.2) is 28.6 Å². The number of hydrazine groups is 1. The van der Waals surface area contributed by atoms with Crippen molar-refractivity contribution in [3.63, 3.8) is 0 Å². The van der Waals surface area contributed by atoms with Crippen molar-refractivity contribution in [1.29, 1.82) is 0 Å². The Bertz CT molecular complexity index is 884. The lowest BCUT2D eigenvalue weighted by molar-refractivity contribution is -0.116. The zero-order valence-corrected chi connectivity index (χ0v) is 13.7. The van der Waals surface area contributed by atoms with E-state index in [1.54, 1.807) is 36.4 Å². The smallest absolute Gasteiger partial charge is 0.280 e. The first kappa shape index (κ1) is 17.1. The summed E-state index contributed by atoms with van der Waals surface area (Å²) in [5.41, 5.74) is 3.91. The van der Waals surface area contributed by atoms with E-state index < -0.39 is 17.7 Å². The average Bonchev–Trinajstić information content (AvgIpc) is 2.91. The number of hydrogen-bond acceptors (Lipinski definition) is 4. The predicted molar refractivity (Wildman–Crippen MR) is 92.9 cm³/mol. The molecule has 0 aliphatic carbocycles. The predicted octanol–water partition coefficient (Wildman–Crippen LogP) is 1.43. The Morgan fingerprint density at radius 1 is 0.962 bits per heavy atom. The van der Waals surface area contributed by atoms with Crippen molar-refractivity contribution < 1.29 is 19.2 Å². The summed E-state index contributed by atoms with van der Waals surface area (Å²) in [4.78, 5) is 48.0. The van der Waals surface area contributed by atoms with Crippen LogP contribution in [0, 0.1) is 0 Å². The van der Waals surface area contributed by atoms with Gasteiger partial charge in [-0.15, -0.1) is 0 Å². The van der Waals surface area contributed by atoms with Gasteiger partial charge in [0.25, 0.3) is 17.7 Å². The van der Waals surface area contributed by atoms with E-state index in [-0.39, 0.29) is 22.6 Å². The minimum absolute atomic E-state index is 0.256. The van der Waals surface area contributed by atoms with E-state index in [2.05, 4.69) is 17.3 Å². The Kier molecular flexibility index (Phi) is 4.62. The van der Waals surface area contributed by atoms with Crippen molar-refractivity contribution in [2.75, 3.05) is 0 Å². The molecule has 130 valence electrons. The van der Waals surface area contributed by atoms with Gasteiger partial charge in [0.05, 0.1) is 11.1 Å². The van der Waals surface area contributed by atoms with Crippen LogP contribution in [0.1, 0.15) is 36.6 Å². The zero-order valence-electron chi connectivity index (χ0n) is 13.7. The number of rotatable bonds is 5. The molecule has 26 heavy (non-hydrogen) atoms. The average molecular weight is 349 g/mol. The van der Waals surface area contributed by atoms with E-state index in [1.807, 2.05) is 0 Å². The van der Waals surface area contributed by atoms with E-state index in [4.69, 9.17) is 0 Å². The maximum absolute atomic E-state index is 12.3. The van der Waals surface area contributed by atoms with Crippen LogP contribution in [0.15, 0.2) is 61.2 Å². The molecule has 7 nitrogen and oxygen atoms in total. The third-order valence-corrected chi connectivity index (χ3v) is 3.88. The van der Waals surface area contributed by atoms with Crippen molar-refractivity contribution in [2.24, 2.45) is 0 Å². The minimum Gasteiger partial charge on any atom is -0.348 e. The topological polar surface area (TPSA) is 95.6 Å². The van der Waals surface area contributed by atoms with Gasteiger partial charge >= 0.3 is 0 Å². The summed E-state index contributed by atoms with van der Waals surface area (Å²) >= 11 is 0. The van der Waals surface area contributed by atoms with Crippen molar-refractivity contribution in [2.45, 2.75) is 6.54 Å². The summed E-state index contributed by atoms with van der Waals surface area (Å²) < 4.78 is 0. The van der Waals surface area contributed by atoms with Gasteiger partial charge < -0.3 is 5.32 Å². The second-order valence-electron chi connectivity index (χ2n) is 5.55. The fraction of sp³-hybridized carbons (Fsp3) is 0.0526. The summed E-state index contributed by atoms with van der Waals surface area (Å²) in [6.07, 6.45) is 1.17. The van der Waals surface area contributed by atoms with Crippen LogP contribution in [0.4, 0.5) is 0 Å². The number of imide groups is 1. The van der Waals surface area contributed by atoms with E-state index in [9.17, 15) is 19.2 Å². The molecule has 1 aliphatic rings. The quantitative estimate of drug-likeness (QED) is 0.630. The SMILES string of the molecule is C=CC(=O)NCc1ccc(C(=O)NN2C(=O)c3ccccc3C2=O)cc1. The van der Waals surface area contributed by atoms with Crippen LogP contribution in [0.2, 0.25) is 0 Å². The van der Waals surface area contributed by atoms with Crippen molar-refractivity contribution >= 4 is 23.6 Å². The molecule has 1 aliphatic heterocycles. The third-order valence-electron chi connectivity index (χ3n) is 3.88. The number of amides is 4. The molecule has 0 radical (unpaired) electrons. The lowest BCUT2D eigenvalue weighted by atomic mass is 10.1. The first-order valence-corrected chi connectivity index (χ1v) is 7.79. The molecule has 4 amide bonds. The molecule has 1 heterocycles. The third kappa shape index (κ3) is 3.23. The summed E-state index contributed by atoms with van der Waals surface area (Å²) in [5, 5.41) is 3.34. The van der Waals surface area contributed by atoms with Gasteiger partial charge in [0.15, 0.2) is 0 Å². The summed E-state index contributed by atoms with van der Waals surface area (Å²) in [6.45, 7) is 3.66. The lowest BCUT2D eigenvalue weighted by Crippen LogP contribution is -2.45. The van der Waals surface area contributed by atoms with Gasteiger partial charge in [-0.3, -0.25) is 24.6 Å². The molecule has 0 bridgehead atoms. The molecule has 0 spiro atoms. The van der Waals surface area contributed by atoms with E-state index >= 15 is 0 Å². The summed E-state index contributed by atoms with van der Waals surface area (Å²) in [7, 11) is 0. The maximum atomic E-state index is 12.3. The molecule has 0 atom stereocenters. The molecule has 7 heteroatoms. The van der Waals surface area contributed by atoms with Crippen molar-refractivity contribution in [3.05, 3.63) is 83.4 Å². The maximum Gasteiger partial charge on any atom is 0.280 e. The number of benzene rings is 2. The van der Waals surface area contributed by atoms with Gasteiger partial charge in [0.1, 0.15) is 0 Å². The highest BCUT2D eigenvalue weighted by Gasteiger charge is 2.36. The molecule has 0 unspecified atom stereocenters. The van der Waals surface area contributed by atoms with Crippen molar-refractivity contribution in [3.8, 4) is 0 Å². The molecule has 2 aromatic rings. The number of carbonyl (C=O) groups is 4. The molecule has 0 fully saturated rings. The number of nitrogens with one attached hydrogen (secondary N) is 2. The molecule has 0 saturated heterocycles. The number of carbonyl (C=O) groups excluding carboxylic acids is 4. The molecule has 0 aromatic heterocycles. The van der Waals surface area contributed by atoms with Gasteiger partial charge in [-0.2, -0.15) is 5.01 Å². The Labute approximate surface area is 149 Å². The number of hydrogen-bond donors (Lipinski definition) is 2. The number of fused-ring (bicyclic) bond motifs is 1. The molecule has 3 rings (SSSR count). The first-order valence-electron chi connectivity index (χ1n) is 7.79. The zero-order chi connectivity index (χ0) is 18.7. The highest BCUT2D eigenvalue weighted by atomic mass is 16.2. The second-order valence-corrected chi connectivity index (χ2v) is 5.55. The molecule has 2 aromatic carbocycles. The summed E-state index contributed by atoms with van der Waals surface area (Å²) in [6, 6.07) is 12.8. The van der Waals surface area contributed by atoms with Crippen LogP contribution in [0.5, 0.6) is 0 Å². The Hall–Kier alpha value is -3.74. The molecule has 0 saturated carbocycles. The Balaban J connectivity index is 1.67. The lowest BCUT2D eigenvalue weighted by Gasteiger charge is -2.15. The van der Waals surface area contributed by atoms with Crippen LogP contribution >= 0.6 is 0 Å². The highest BCUT2D eigenvalue weighted by Crippen LogP contribution is 2.21. The van der Waals surface area contributed by atoms with Crippen LogP contribution in [0.25, 0.3) is 0 Å². The monoisotopic (exact) mass is 349 g/mol. The normalized spacial score (nSPS) is 12.5. The fourth-order valence-corrected chi connectivity index (χ4v) is 2.49. The largest absolute Gasteiger partial charge is 0.348 e. The fourth-order valence-electron chi connectivity index (χ4n) is 2.49. The van der Waals surface area contributed by atoms with Gasteiger partial charge in [-0.25, -0.2) is 0 Å². The van der Waals surface area contributed by atoms with Crippen LogP contribution in [0.3, 0.4) is 0 Å². The highest BCUT2D eigenvalue weighted by molar-refractivity contribution is 6.22. The molecular weight excluding hydrogens is 334 g/mol. The van der Waals surface area contributed by atoms with Crippen LogP contribution < -0.4 is 10.7 Å². The minimum atomic E-state index is -0.582. The Morgan fingerprint density at radius 3 is 2.08 bits per heavy atom. The van der Waals surface area contributed by atoms with E-state index in [0.717, 1.165) is 5.56 Å². The van der Waals surface area contributed by atoms with Crippen molar-refractivity contribution in [1.82, 2.24) is 15.8 Å². The second kappa shape index (κ2) is 7.02. The number of nitrogens with zero attached hydrogens (tertiary/aromatic N) is 1. The Morgan fingerprint density at radius 2 is 1.54 bits per heavy atom. The summed E-state index contributed by atoms with van der Waals surface area (Å²) in [5.74, 6) is -2.01. The first-order chi connectivity index (χ1) is 12.5. The van der Waals surface area contributed by atoms with Gasteiger partial charge in [-0.05, 0) is 35.9 Å². The van der Waals surface area contributed by atoms with Gasteiger partial charge in [0.2, 0.25) is 5.91 Å². The standard InChI is InChI=1S/C19H15N3O4/c1-2-16(23)20-11-12-7-9-13(10-8-12)17(24)21-22-18(25)14-5-3-4-6-15(14)19(22)26/h2-10H,1,11H2,(H,20,23)(H,21,24). The van der Waals surface area contributed by atoms with E-state index in [0.29, 0.717) is 11.6 Å². The molecule has 2 N–H and O–H groups in total. The van der Waals surface area contributed by atoms with Gasteiger partial charge in [0, 0.05) is 12.1 Å². The van der Waals surface area contributed by atoms with Gasteiger partial charge in [-0.1, -0.05) is 30.8 Å². The van der Waals surface area contributed by atoms with Crippen LogP contribution in [-0.2, 0) is 11.3 Å². The molecular formula is C19H15N3O4. The van der Waals surface area contributed by atoms with E-state index in [1.165, 1.54) is 18.2 Å².